The maximum absolute atomic E-state index is 12.0. The highest BCUT2D eigenvalue weighted by Crippen LogP contribution is 2.26. The van der Waals surface area contributed by atoms with E-state index >= 15 is 0 Å². The number of nitrogens with one attached hydrogen (secondary N) is 2. The Bertz CT molecular complexity index is 446. The lowest BCUT2D eigenvalue weighted by Crippen LogP contribution is -2.41. The molecule has 0 aromatic carbocycles. The molecule has 1 fully saturated rings. The van der Waals surface area contributed by atoms with Crippen LogP contribution in [0, 0.1) is 0 Å². The van der Waals surface area contributed by atoms with Gasteiger partial charge < -0.3 is 10.7 Å². The molecule has 4 N–H and O–H groups in total. The average Bonchev–Trinajstić information content (AvgIpc) is 3.28. The van der Waals surface area contributed by atoms with Crippen LogP contribution >= 0.6 is 0 Å². The van der Waals surface area contributed by atoms with Crippen LogP contribution in [0.4, 0.5) is 5.82 Å². The smallest absolute Gasteiger partial charge is 0.251 e. The minimum Gasteiger partial charge on any atom is -0.350 e. The summed E-state index contributed by atoms with van der Waals surface area (Å²) in [5.74, 6) is 5.65. The van der Waals surface area contributed by atoms with Gasteiger partial charge >= 0.3 is 0 Å². The summed E-state index contributed by atoms with van der Waals surface area (Å²) < 4.78 is 0. The first-order chi connectivity index (χ1) is 9.11. The topological polar surface area (TPSA) is 83.3 Å². The molecule has 0 bridgehead atoms. The molecule has 1 aromatic heterocycles. The van der Waals surface area contributed by atoms with Gasteiger partial charge in [0.15, 0.2) is 0 Å². The van der Waals surface area contributed by atoms with Gasteiger partial charge in [-0.1, -0.05) is 0 Å². The molecule has 0 radical (unpaired) electrons. The first-order valence-electron chi connectivity index (χ1n) is 6.54. The zero-order valence-electron chi connectivity index (χ0n) is 11.4. The summed E-state index contributed by atoms with van der Waals surface area (Å²) in [6, 6.07) is 4.34. The monoisotopic (exact) mass is 263 g/mol. The number of carbonyl (C=O) groups excluding carboxylic acids is 1. The van der Waals surface area contributed by atoms with Crippen LogP contribution < -0.4 is 16.6 Å². The molecule has 0 spiro atoms. The second-order valence-electron chi connectivity index (χ2n) is 5.03. The van der Waals surface area contributed by atoms with Gasteiger partial charge in [0.25, 0.3) is 5.91 Å². The van der Waals surface area contributed by atoms with Crippen molar-refractivity contribution in [3.63, 3.8) is 0 Å². The number of hydrogen-bond donors (Lipinski definition) is 3. The molecule has 1 amide bonds. The SMILES string of the molecule is CC(CNC(=O)c1ccnc(NN)c1)N(C)C1CC1. The third-order valence-corrected chi connectivity index (χ3v) is 3.55. The Morgan fingerprint density at radius 1 is 1.63 bits per heavy atom. The minimum atomic E-state index is -0.102. The van der Waals surface area contributed by atoms with Gasteiger partial charge in [0.05, 0.1) is 0 Å². The van der Waals surface area contributed by atoms with Gasteiger partial charge in [0.1, 0.15) is 5.82 Å². The fraction of sp³-hybridized carbons (Fsp3) is 0.538. The van der Waals surface area contributed by atoms with Crippen molar-refractivity contribution in [3.8, 4) is 0 Å². The Kier molecular flexibility index (Phi) is 4.34. The number of rotatable bonds is 6. The summed E-state index contributed by atoms with van der Waals surface area (Å²) in [7, 11) is 2.11. The molecule has 2 rings (SSSR count). The van der Waals surface area contributed by atoms with Crippen molar-refractivity contribution in [1.82, 2.24) is 15.2 Å². The molecule has 6 heteroatoms. The first kappa shape index (κ1) is 13.8. The van der Waals surface area contributed by atoms with Gasteiger partial charge in [-0.3, -0.25) is 9.69 Å². The third kappa shape index (κ3) is 3.65. The Labute approximate surface area is 113 Å². The highest BCUT2D eigenvalue weighted by molar-refractivity contribution is 5.94. The molecule has 1 unspecified atom stereocenters. The number of amides is 1. The molecular formula is C13H21N5O. The predicted molar refractivity (Wildman–Crippen MR) is 74.6 cm³/mol. The lowest BCUT2D eigenvalue weighted by molar-refractivity contribution is 0.0939. The van der Waals surface area contributed by atoms with E-state index in [-0.39, 0.29) is 5.91 Å². The number of pyridine rings is 1. The molecule has 19 heavy (non-hydrogen) atoms. The van der Waals surface area contributed by atoms with Crippen molar-refractivity contribution in [2.75, 3.05) is 19.0 Å². The minimum absolute atomic E-state index is 0.102. The fourth-order valence-corrected chi connectivity index (χ4v) is 1.98. The molecule has 1 aliphatic rings. The molecule has 6 nitrogen and oxygen atoms in total. The maximum atomic E-state index is 12.0. The Morgan fingerprint density at radius 2 is 2.37 bits per heavy atom. The van der Waals surface area contributed by atoms with E-state index in [1.807, 2.05) is 0 Å². The number of anilines is 1. The number of aromatic nitrogens is 1. The Hall–Kier alpha value is -1.66. The van der Waals surface area contributed by atoms with Crippen molar-refractivity contribution in [3.05, 3.63) is 23.9 Å². The summed E-state index contributed by atoms with van der Waals surface area (Å²) in [5.41, 5.74) is 2.99. The summed E-state index contributed by atoms with van der Waals surface area (Å²) in [6.45, 7) is 2.76. The average molecular weight is 263 g/mol. The van der Waals surface area contributed by atoms with Gasteiger partial charge in [-0.15, -0.1) is 0 Å². The van der Waals surface area contributed by atoms with Gasteiger partial charge in [-0.25, -0.2) is 10.8 Å². The number of hydrogen-bond acceptors (Lipinski definition) is 5. The first-order valence-corrected chi connectivity index (χ1v) is 6.54. The van der Waals surface area contributed by atoms with Gasteiger partial charge in [0, 0.05) is 30.4 Å². The molecule has 1 heterocycles. The van der Waals surface area contributed by atoms with E-state index in [0.717, 1.165) is 0 Å². The van der Waals surface area contributed by atoms with Crippen LogP contribution in [-0.4, -0.2) is 41.5 Å². The quantitative estimate of drug-likeness (QED) is 0.516. The maximum Gasteiger partial charge on any atom is 0.251 e. The normalized spacial score (nSPS) is 16.2. The number of nitrogens with zero attached hydrogens (tertiary/aromatic N) is 2. The second kappa shape index (κ2) is 5.99. The van der Waals surface area contributed by atoms with E-state index in [1.165, 1.54) is 12.8 Å². The van der Waals surface area contributed by atoms with Crippen molar-refractivity contribution in [2.45, 2.75) is 31.8 Å². The van der Waals surface area contributed by atoms with E-state index in [1.54, 1.807) is 18.3 Å². The standard InChI is InChI=1S/C13H21N5O/c1-9(18(2)11-3-4-11)8-16-13(19)10-5-6-15-12(7-10)17-14/h5-7,9,11H,3-4,8,14H2,1-2H3,(H,15,17)(H,16,19). The zero-order chi connectivity index (χ0) is 13.8. The van der Waals surface area contributed by atoms with Crippen LogP contribution in [0.15, 0.2) is 18.3 Å². The predicted octanol–water partition coefficient (Wildman–Crippen LogP) is 0.580. The van der Waals surface area contributed by atoms with E-state index in [9.17, 15) is 4.79 Å². The molecule has 104 valence electrons. The van der Waals surface area contributed by atoms with Crippen molar-refractivity contribution >= 4 is 11.7 Å². The van der Waals surface area contributed by atoms with Crippen LogP contribution in [0.3, 0.4) is 0 Å². The highest BCUT2D eigenvalue weighted by Gasteiger charge is 2.29. The van der Waals surface area contributed by atoms with Gasteiger partial charge in [0.2, 0.25) is 0 Å². The molecule has 1 aliphatic carbocycles. The Morgan fingerprint density at radius 3 is 3.00 bits per heavy atom. The van der Waals surface area contributed by atoms with Crippen molar-refractivity contribution in [1.29, 1.82) is 0 Å². The van der Waals surface area contributed by atoms with E-state index in [0.29, 0.717) is 30.0 Å². The largest absolute Gasteiger partial charge is 0.350 e. The summed E-state index contributed by atoms with van der Waals surface area (Å²) >= 11 is 0. The van der Waals surface area contributed by atoms with Crippen molar-refractivity contribution < 1.29 is 4.79 Å². The summed E-state index contributed by atoms with van der Waals surface area (Å²) in [6.07, 6.45) is 4.10. The second-order valence-corrected chi connectivity index (χ2v) is 5.03. The van der Waals surface area contributed by atoms with Crippen LogP contribution in [-0.2, 0) is 0 Å². The van der Waals surface area contributed by atoms with Crippen LogP contribution in [0.25, 0.3) is 0 Å². The highest BCUT2D eigenvalue weighted by atomic mass is 16.1. The van der Waals surface area contributed by atoms with Crippen LogP contribution in [0.5, 0.6) is 0 Å². The van der Waals surface area contributed by atoms with E-state index in [4.69, 9.17) is 5.84 Å². The zero-order valence-corrected chi connectivity index (χ0v) is 11.4. The molecule has 1 saturated carbocycles. The molecule has 1 atom stereocenters. The van der Waals surface area contributed by atoms with Gasteiger partial charge in [-0.05, 0) is 38.9 Å². The number of carbonyl (C=O) groups is 1. The summed E-state index contributed by atoms with van der Waals surface area (Å²) in [4.78, 5) is 18.3. The Balaban J connectivity index is 1.86. The number of nitrogens with two attached hydrogens (primary N) is 1. The molecular weight excluding hydrogens is 242 g/mol. The van der Waals surface area contributed by atoms with Gasteiger partial charge in [-0.2, -0.15) is 0 Å². The number of likely N-dealkylation sites (N-methyl/N-ethyl adjacent to an activating group) is 1. The van der Waals surface area contributed by atoms with Crippen LogP contribution in [0.1, 0.15) is 30.1 Å². The number of hydrazine groups is 1. The molecule has 0 saturated heterocycles. The number of nitrogen functional groups attached to an aromatic ring is 1. The molecule has 0 aliphatic heterocycles. The molecule has 1 aromatic rings. The fourth-order valence-electron chi connectivity index (χ4n) is 1.98. The van der Waals surface area contributed by atoms with E-state index < -0.39 is 0 Å². The lowest BCUT2D eigenvalue weighted by Gasteiger charge is -2.24. The van der Waals surface area contributed by atoms with Crippen LogP contribution in [0.2, 0.25) is 0 Å². The van der Waals surface area contributed by atoms with Crippen molar-refractivity contribution in [2.24, 2.45) is 5.84 Å². The third-order valence-electron chi connectivity index (χ3n) is 3.55. The lowest BCUT2D eigenvalue weighted by atomic mass is 10.2. The van der Waals surface area contributed by atoms with E-state index in [2.05, 4.69) is 34.6 Å². The summed E-state index contributed by atoms with van der Waals surface area (Å²) in [5, 5.41) is 2.94.